The van der Waals surface area contributed by atoms with Crippen molar-refractivity contribution in [3.05, 3.63) is 0 Å². The van der Waals surface area contributed by atoms with Gasteiger partial charge in [-0.05, 0) is 51.1 Å². The summed E-state index contributed by atoms with van der Waals surface area (Å²) in [5.74, 6) is 1.42. The Labute approximate surface area is 141 Å². The number of hydrogen-bond acceptors (Lipinski definition) is 2. The lowest BCUT2D eigenvalue weighted by atomic mass is 10.0. The lowest BCUT2D eigenvalue weighted by Gasteiger charge is -2.31. The van der Waals surface area contributed by atoms with Crippen LogP contribution in [0.1, 0.15) is 46.0 Å². The van der Waals surface area contributed by atoms with Gasteiger partial charge in [-0.2, -0.15) is 0 Å². The largest absolute Gasteiger partial charge is 0.370 e. The van der Waals surface area contributed by atoms with Gasteiger partial charge in [-0.3, -0.25) is 9.89 Å². The molecule has 2 aliphatic rings. The Balaban J connectivity index is 0.00000200. The summed E-state index contributed by atoms with van der Waals surface area (Å²) < 4.78 is 0. The van der Waals surface area contributed by atoms with Crippen LogP contribution < -0.4 is 5.73 Å². The number of likely N-dealkylation sites (tertiary alicyclic amines) is 2. The summed E-state index contributed by atoms with van der Waals surface area (Å²) in [5.41, 5.74) is 6.15. The van der Waals surface area contributed by atoms with Crippen LogP contribution >= 0.6 is 24.0 Å². The molecule has 0 amide bonds. The summed E-state index contributed by atoms with van der Waals surface area (Å²) in [7, 11) is 0. The molecule has 2 rings (SSSR count). The van der Waals surface area contributed by atoms with Crippen LogP contribution in [-0.2, 0) is 0 Å². The molecule has 0 aliphatic carbocycles. The van der Waals surface area contributed by atoms with E-state index in [9.17, 15) is 0 Å². The van der Waals surface area contributed by atoms with Gasteiger partial charge < -0.3 is 10.6 Å². The first-order chi connectivity index (χ1) is 9.18. The van der Waals surface area contributed by atoms with E-state index < -0.39 is 0 Å². The molecule has 1 unspecified atom stereocenters. The van der Waals surface area contributed by atoms with E-state index in [-0.39, 0.29) is 24.0 Å². The van der Waals surface area contributed by atoms with Crippen LogP contribution in [0.5, 0.6) is 0 Å². The Morgan fingerprint density at radius 1 is 1.00 bits per heavy atom. The van der Waals surface area contributed by atoms with Crippen molar-refractivity contribution < 1.29 is 0 Å². The van der Waals surface area contributed by atoms with Crippen LogP contribution in [0.3, 0.4) is 0 Å². The van der Waals surface area contributed by atoms with E-state index in [0.717, 1.165) is 25.6 Å². The van der Waals surface area contributed by atoms with Crippen LogP contribution in [-0.4, -0.2) is 54.5 Å². The topological polar surface area (TPSA) is 44.9 Å². The van der Waals surface area contributed by atoms with Gasteiger partial charge in [-0.25, -0.2) is 0 Å². The standard InChI is InChI=1S/C15H30N4.HI/c1-13(2)14(18-8-6-7-9-18)12-17-15(16)19-10-4-3-5-11-19;/h13-14H,3-12H2,1-2H3,(H2,16,17);1H. The number of nitrogens with zero attached hydrogens (tertiary/aromatic N) is 3. The van der Waals surface area contributed by atoms with Crippen LogP contribution in [0, 0.1) is 5.92 Å². The Hall–Kier alpha value is -0.0400. The Kier molecular flexibility index (Phi) is 8.17. The second-order valence-corrected chi connectivity index (χ2v) is 6.30. The summed E-state index contributed by atoms with van der Waals surface area (Å²) in [5, 5.41) is 0. The van der Waals surface area contributed by atoms with E-state index >= 15 is 0 Å². The van der Waals surface area contributed by atoms with Crippen LogP contribution in [0.2, 0.25) is 0 Å². The fraction of sp³-hybridized carbons (Fsp3) is 0.933. The minimum Gasteiger partial charge on any atom is -0.370 e. The van der Waals surface area contributed by atoms with Crippen molar-refractivity contribution in [3.63, 3.8) is 0 Å². The predicted molar refractivity (Wildman–Crippen MR) is 96.8 cm³/mol. The van der Waals surface area contributed by atoms with Gasteiger partial charge in [0, 0.05) is 19.1 Å². The molecule has 0 aromatic heterocycles. The van der Waals surface area contributed by atoms with Gasteiger partial charge in [0.15, 0.2) is 5.96 Å². The molecule has 1 atom stereocenters. The number of rotatable bonds is 4. The Morgan fingerprint density at radius 3 is 2.10 bits per heavy atom. The molecule has 0 radical (unpaired) electrons. The molecule has 118 valence electrons. The SMILES string of the molecule is CC(C)C(CN=C(N)N1CCCCC1)N1CCCC1.I. The summed E-state index contributed by atoms with van der Waals surface area (Å²) in [6.07, 6.45) is 6.54. The Bertz CT molecular complexity index is 294. The Morgan fingerprint density at radius 2 is 1.55 bits per heavy atom. The third kappa shape index (κ3) is 5.06. The number of halogens is 1. The van der Waals surface area contributed by atoms with Crippen molar-refractivity contribution in [1.29, 1.82) is 0 Å². The minimum atomic E-state index is 0. The van der Waals surface area contributed by atoms with E-state index in [0.29, 0.717) is 12.0 Å². The molecule has 0 bridgehead atoms. The van der Waals surface area contributed by atoms with Gasteiger partial charge >= 0.3 is 0 Å². The molecule has 4 nitrogen and oxygen atoms in total. The number of piperidine rings is 1. The fourth-order valence-electron chi connectivity index (χ4n) is 3.23. The van der Waals surface area contributed by atoms with Crippen LogP contribution in [0.15, 0.2) is 4.99 Å². The predicted octanol–water partition coefficient (Wildman–Crippen LogP) is 2.53. The van der Waals surface area contributed by atoms with E-state index in [4.69, 9.17) is 10.7 Å². The molecule has 0 saturated carbocycles. The maximum atomic E-state index is 6.15. The molecule has 5 heteroatoms. The van der Waals surface area contributed by atoms with Crippen molar-refractivity contribution in [2.24, 2.45) is 16.6 Å². The van der Waals surface area contributed by atoms with E-state index in [1.807, 2.05) is 0 Å². The third-order valence-corrected chi connectivity index (χ3v) is 4.50. The highest BCUT2D eigenvalue weighted by Crippen LogP contribution is 2.18. The molecular formula is C15H31IN4. The minimum absolute atomic E-state index is 0. The van der Waals surface area contributed by atoms with Gasteiger partial charge in [0.2, 0.25) is 0 Å². The molecule has 2 saturated heterocycles. The molecule has 2 aliphatic heterocycles. The van der Waals surface area contributed by atoms with E-state index in [1.165, 1.54) is 45.2 Å². The highest BCUT2D eigenvalue weighted by molar-refractivity contribution is 14.0. The summed E-state index contributed by atoms with van der Waals surface area (Å²) in [6.45, 7) is 10.1. The highest BCUT2D eigenvalue weighted by Gasteiger charge is 2.24. The molecule has 0 spiro atoms. The number of aliphatic imine (C=N–C) groups is 1. The van der Waals surface area contributed by atoms with Crippen LogP contribution in [0.25, 0.3) is 0 Å². The molecule has 2 N–H and O–H groups in total. The molecule has 0 aromatic rings. The van der Waals surface area contributed by atoms with E-state index in [1.54, 1.807) is 0 Å². The van der Waals surface area contributed by atoms with Gasteiger partial charge in [0.05, 0.1) is 6.54 Å². The van der Waals surface area contributed by atoms with Crippen molar-refractivity contribution in [2.75, 3.05) is 32.7 Å². The number of hydrogen-bond donors (Lipinski definition) is 1. The van der Waals surface area contributed by atoms with Gasteiger partial charge in [-0.1, -0.05) is 13.8 Å². The van der Waals surface area contributed by atoms with Crippen LogP contribution in [0.4, 0.5) is 0 Å². The van der Waals surface area contributed by atoms with Gasteiger partial charge in [-0.15, -0.1) is 24.0 Å². The summed E-state index contributed by atoms with van der Waals surface area (Å²) >= 11 is 0. The molecule has 0 aromatic carbocycles. The maximum Gasteiger partial charge on any atom is 0.191 e. The monoisotopic (exact) mass is 394 g/mol. The fourth-order valence-corrected chi connectivity index (χ4v) is 3.23. The van der Waals surface area contributed by atoms with Gasteiger partial charge in [0.25, 0.3) is 0 Å². The first-order valence-corrected chi connectivity index (χ1v) is 7.97. The van der Waals surface area contributed by atoms with Crippen molar-refractivity contribution in [3.8, 4) is 0 Å². The average molecular weight is 394 g/mol. The zero-order valence-corrected chi connectivity index (χ0v) is 15.4. The zero-order chi connectivity index (χ0) is 13.7. The maximum absolute atomic E-state index is 6.15. The lowest BCUT2D eigenvalue weighted by Crippen LogP contribution is -2.43. The average Bonchev–Trinajstić information content (AvgIpc) is 2.93. The molecule has 2 heterocycles. The molecular weight excluding hydrogens is 363 g/mol. The summed E-state index contributed by atoms with van der Waals surface area (Å²) in [4.78, 5) is 9.54. The first-order valence-electron chi connectivity index (χ1n) is 7.97. The number of nitrogens with two attached hydrogens (primary N) is 1. The quantitative estimate of drug-likeness (QED) is 0.453. The molecule has 20 heavy (non-hydrogen) atoms. The van der Waals surface area contributed by atoms with E-state index in [2.05, 4.69) is 23.6 Å². The smallest absolute Gasteiger partial charge is 0.191 e. The third-order valence-electron chi connectivity index (χ3n) is 4.50. The second kappa shape index (κ2) is 9.07. The van der Waals surface area contributed by atoms with Crippen molar-refractivity contribution in [2.45, 2.75) is 52.0 Å². The second-order valence-electron chi connectivity index (χ2n) is 6.30. The lowest BCUT2D eigenvalue weighted by molar-refractivity contribution is 0.197. The van der Waals surface area contributed by atoms with Crippen molar-refractivity contribution >= 4 is 29.9 Å². The zero-order valence-electron chi connectivity index (χ0n) is 13.1. The van der Waals surface area contributed by atoms with Gasteiger partial charge in [0.1, 0.15) is 0 Å². The normalized spacial score (nSPS) is 22.9. The highest BCUT2D eigenvalue weighted by atomic mass is 127. The molecule has 2 fully saturated rings. The number of guanidine groups is 1. The van der Waals surface area contributed by atoms with Crippen molar-refractivity contribution in [1.82, 2.24) is 9.80 Å². The summed E-state index contributed by atoms with van der Waals surface area (Å²) in [6, 6.07) is 0.561. The first kappa shape index (κ1) is 18.0.